The number of nitrogens with zero attached hydrogens (tertiary/aromatic N) is 3. The van der Waals surface area contributed by atoms with Crippen LogP contribution in [0.2, 0.25) is 5.02 Å². The number of sulfonamides is 1. The average Bonchev–Trinajstić information content (AvgIpc) is 3.27. The van der Waals surface area contributed by atoms with Crippen LogP contribution in [0.1, 0.15) is 24.1 Å². The predicted molar refractivity (Wildman–Crippen MR) is 129 cm³/mol. The van der Waals surface area contributed by atoms with Crippen LogP contribution in [-0.4, -0.2) is 79.0 Å². The second-order valence-corrected chi connectivity index (χ2v) is 10.5. The summed E-state index contributed by atoms with van der Waals surface area (Å²) in [4.78, 5) is 28.6. The SMILES string of the molecule is COc1nc(/C(=C/[C@H]2CCC(=O)N2)c2ccc(S(=O)(=O)N3CCN(C(=O)O)CC3)cc2)ccc1Cl. The van der Waals surface area contributed by atoms with Gasteiger partial charge in [0.2, 0.25) is 21.8 Å². The fourth-order valence-electron chi connectivity index (χ4n) is 4.09. The lowest BCUT2D eigenvalue weighted by Crippen LogP contribution is -2.50. The molecule has 2 saturated heterocycles. The van der Waals surface area contributed by atoms with Gasteiger partial charge in [-0.3, -0.25) is 4.79 Å². The summed E-state index contributed by atoms with van der Waals surface area (Å²) < 4.78 is 32.7. The van der Waals surface area contributed by atoms with Crippen molar-refractivity contribution < 1.29 is 27.9 Å². The lowest BCUT2D eigenvalue weighted by molar-refractivity contribution is -0.119. The summed E-state index contributed by atoms with van der Waals surface area (Å²) in [6.07, 6.45) is 1.91. The van der Waals surface area contributed by atoms with Crippen molar-refractivity contribution >= 4 is 39.2 Å². The zero-order valence-electron chi connectivity index (χ0n) is 19.0. The van der Waals surface area contributed by atoms with Crippen molar-refractivity contribution in [3.05, 3.63) is 58.8 Å². The van der Waals surface area contributed by atoms with E-state index in [1.807, 2.05) is 6.08 Å². The molecule has 12 heteroatoms. The lowest BCUT2D eigenvalue weighted by Gasteiger charge is -2.32. The van der Waals surface area contributed by atoms with Crippen LogP contribution in [0.5, 0.6) is 5.88 Å². The molecule has 2 N–H and O–H groups in total. The molecule has 4 rings (SSSR count). The van der Waals surface area contributed by atoms with E-state index in [0.717, 1.165) is 0 Å². The van der Waals surface area contributed by atoms with E-state index in [1.54, 1.807) is 24.3 Å². The minimum Gasteiger partial charge on any atom is -0.480 e. The second kappa shape index (κ2) is 10.2. The molecule has 0 unspecified atom stereocenters. The molecule has 0 bridgehead atoms. The maximum absolute atomic E-state index is 13.1. The van der Waals surface area contributed by atoms with Gasteiger partial charge < -0.3 is 20.1 Å². The number of amides is 2. The molecular weight excluding hydrogens is 496 g/mol. The zero-order valence-corrected chi connectivity index (χ0v) is 20.6. The average molecular weight is 521 g/mol. The van der Waals surface area contributed by atoms with Crippen LogP contribution in [0.15, 0.2) is 47.4 Å². The third kappa shape index (κ3) is 5.42. The molecule has 186 valence electrons. The van der Waals surface area contributed by atoms with Gasteiger partial charge >= 0.3 is 6.09 Å². The Kier molecular flexibility index (Phi) is 7.29. The van der Waals surface area contributed by atoms with E-state index in [0.29, 0.717) is 34.7 Å². The van der Waals surface area contributed by atoms with Crippen molar-refractivity contribution in [2.75, 3.05) is 33.3 Å². The highest BCUT2D eigenvalue weighted by Crippen LogP contribution is 2.30. The minimum atomic E-state index is -3.78. The lowest BCUT2D eigenvalue weighted by atomic mass is 9.99. The van der Waals surface area contributed by atoms with Crippen LogP contribution in [0.3, 0.4) is 0 Å². The Bertz CT molecular complexity index is 1260. The summed E-state index contributed by atoms with van der Waals surface area (Å²) in [7, 11) is -2.31. The Labute approximate surface area is 208 Å². The number of benzene rings is 1. The molecule has 1 aromatic heterocycles. The molecule has 3 heterocycles. The highest BCUT2D eigenvalue weighted by atomic mass is 35.5. The van der Waals surface area contributed by atoms with Crippen LogP contribution in [-0.2, 0) is 14.8 Å². The molecule has 0 radical (unpaired) electrons. The van der Waals surface area contributed by atoms with Gasteiger partial charge in [-0.05, 0) is 36.2 Å². The maximum Gasteiger partial charge on any atom is 0.407 e. The Morgan fingerprint density at radius 1 is 1.17 bits per heavy atom. The van der Waals surface area contributed by atoms with Gasteiger partial charge in [-0.1, -0.05) is 29.8 Å². The van der Waals surface area contributed by atoms with Crippen LogP contribution in [0.4, 0.5) is 4.79 Å². The summed E-state index contributed by atoms with van der Waals surface area (Å²) in [6, 6.07) is 9.62. The number of piperazine rings is 1. The monoisotopic (exact) mass is 520 g/mol. The molecule has 0 aliphatic carbocycles. The second-order valence-electron chi connectivity index (χ2n) is 8.18. The van der Waals surface area contributed by atoms with Gasteiger partial charge in [0.15, 0.2) is 0 Å². The number of ether oxygens (including phenoxy) is 1. The molecule has 1 atom stereocenters. The Morgan fingerprint density at radius 3 is 2.43 bits per heavy atom. The van der Waals surface area contributed by atoms with E-state index in [4.69, 9.17) is 21.4 Å². The van der Waals surface area contributed by atoms with Gasteiger partial charge in [-0.25, -0.2) is 18.2 Å². The van der Waals surface area contributed by atoms with E-state index >= 15 is 0 Å². The largest absolute Gasteiger partial charge is 0.480 e. The molecule has 2 aromatic rings. The van der Waals surface area contributed by atoms with Gasteiger partial charge in [0.25, 0.3) is 0 Å². The molecule has 2 amide bonds. The topological polar surface area (TPSA) is 129 Å². The Hall–Kier alpha value is -3.15. The Morgan fingerprint density at radius 2 is 1.86 bits per heavy atom. The van der Waals surface area contributed by atoms with E-state index in [-0.39, 0.29) is 48.9 Å². The smallest absolute Gasteiger partial charge is 0.407 e. The molecule has 35 heavy (non-hydrogen) atoms. The number of carboxylic acid groups (broad SMARTS) is 1. The number of carbonyl (C=O) groups is 2. The van der Waals surface area contributed by atoms with Crippen molar-refractivity contribution in [2.45, 2.75) is 23.8 Å². The first-order chi connectivity index (χ1) is 16.7. The third-order valence-corrected chi connectivity index (χ3v) is 8.19. The molecule has 1 aromatic carbocycles. The fourth-order valence-corrected chi connectivity index (χ4v) is 5.69. The molecule has 0 saturated carbocycles. The number of nitrogens with one attached hydrogen (secondary N) is 1. The van der Waals surface area contributed by atoms with Gasteiger partial charge in [-0.2, -0.15) is 4.31 Å². The van der Waals surface area contributed by atoms with E-state index in [1.165, 1.54) is 28.4 Å². The number of pyridine rings is 1. The number of hydrogen-bond donors (Lipinski definition) is 2. The number of carbonyl (C=O) groups excluding carboxylic acids is 1. The number of aromatic nitrogens is 1. The summed E-state index contributed by atoms with van der Waals surface area (Å²) in [5, 5.41) is 12.4. The first-order valence-corrected chi connectivity index (χ1v) is 12.8. The van der Waals surface area contributed by atoms with Crippen molar-refractivity contribution in [3.63, 3.8) is 0 Å². The van der Waals surface area contributed by atoms with Crippen molar-refractivity contribution in [1.29, 1.82) is 0 Å². The number of halogens is 1. The first-order valence-electron chi connectivity index (χ1n) is 11.0. The standard InChI is InChI=1S/C23H25ClN4O6S/c1-34-22-19(24)7-8-20(26-22)18(14-16-4-9-21(29)25-16)15-2-5-17(6-3-15)35(32,33)28-12-10-27(11-13-28)23(30)31/h2-3,5-8,14,16H,4,9-13H2,1H3,(H,25,29)(H,30,31)/b18-14+/t16-/m1/s1. The summed E-state index contributed by atoms with van der Waals surface area (Å²) in [5.41, 5.74) is 1.97. The summed E-state index contributed by atoms with van der Waals surface area (Å²) >= 11 is 6.14. The molecule has 10 nitrogen and oxygen atoms in total. The molecule has 0 spiro atoms. The third-order valence-electron chi connectivity index (χ3n) is 5.99. The predicted octanol–water partition coefficient (Wildman–Crippen LogP) is 2.44. The highest BCUT2D eigenvalue weighted by Gasteiger charge is 2.30. The van der Waals surface area contributed by atoms with Crippen molar-refractivity contribution in [2.24, 2.45) is 0 Å². The first kappa shape index (κ1) is 25.0. The maximum atomic E-state index is 13.1. The van der Waals surface area contributed by atoms with Gasteiger partial charge in [0, 0.05) is 44.2 Å². The van der Waals surface area contributed by atoms with Gasteiger partial charge in [0.05, 0.1) is 17.7 Å². The quantitative estimate of drug-likeness (QED) is 0.598. The van der Waals surface area contributed by atoms with Gasteiger partial charge in [-0.15, -0.1) is 0 Å². The van der Waals surface area contributed by atoms with Crippen molar-refractivity contribution in [3.8, 4) is 5.88 Å². The fraction of sp³-hybridized carbons (Fsp3) is 0.348. The van der Waals surface area contributed by atoms with Crippen LogP contribution >= 0.6 is 11.6 Å². The van der Waals surface area contributed by atoms with E-state index in [2.05, 4.69) is 10.3 Å². The van der Waals surface area contributed by atoms with Crippen LogP contribution < -0.4 is 10.1 Å². The number of methoxy groups -OCH3 is 1. The Balaban J connectivity index is 1.63. The van der Waals surface area contributed by atoms with E-state index in [9.17, 15) is 18.0 Å². The van der Waals surface area contributed by atoms with Crippen LogP contribution in [0, 0.1) is 0 Å². The van der Waals surface area contributed by atoms with Gasteiger partial charge in [0.1, 0.15) is 5.02 Å². The van der Waals surface area contributed by atoms with E-state index < -0.39 is 16.1 Å². The minimum absolute atomic E-state index is 0.0308. The molecule has 2 fully saturated rings. The van der Waals surface area contributed by atoms with Crippen LogP contribution in [0.25, 0.3) is 5.57 Å². The summed E-state index contributed by atoms with van der Waals surface area (Å²) in [5.74, 6) is 0.224. The number of rotatable bonds is 6. The zero-order chi connectivity index (χ0) is 25.2. The molecule has 2 aliphatic heterocycles. The normalized spacial score (nSPS) is 19.5. The summed E-state index contributed by atoms with van der Waals surface area (Å²) in [6.45, 7) is 0.433. The number of hydrogen-bond acceptors (Lipinski definition) is 6. The van der Waals surface area contributed by atoms with Crippen molar-refractivity contribution in [1.82, 2.24) is 19.5 Å². The molecule has 2 aliphatic rings. The highest BCUT2D eigenvalue weighted by molar-refractivity contribution is 7.89. The molecular formula is C23H25ClN4O6S.